The summed E-state index contributed by atoms with van der Waals surface area (Å²) in [6, 6.07) is 13.4. The molecule has 108 valence electrons. The molecule has 0 saturated carbocycles. The summed E-state index contributed by atoms with van der Waals surface area (Å²) in [5.74, 6) is 0.461. The van der Waals surface area contributed by atoms with Crippen molar-refractivity contribution >= 4 is 40.6 Å². The number of halogens is 1. The van der Waals surface area contributed by atoms with Crippen molar-refractivity contribution in [3.63, 3.8) is 0 Å². The van der Waals surface area contributed by atoms with Crippen molar-refractivity contribution in [2.75, 3.05) is 22.9 Å². The molecule has 21 heavy (non-hydrogen) atoms. The smallest absolute Gasteiger partial charge is 0.237 e. The first kappa shape index (κ1) is 14.3. The minimum absolute atomic E-state index is 0.101. The molecule has 3 rings (SSSR count). The van der Waals surface area contributed by atoms with Crippen molar-refractivity contribution in [2.45, 2.75) is 11.3 Å². The van der Waals surface area contributed by atoms with Gasteiger partial charge in [0, 0.05) is 27.8 Å². The van der Waals surface area contributed by atoms with Gasteiger partial charge in [-0.15, -0.1) is 11.8 Å². The summed E-state index contributed by atoms with van der Waals surface area (Å²) in [5, 5.41) is 0.630. The molecular formula is C16H15ClN2OS. The van der Waals surface area contributed by atoms with E-state index in [1.54, 1.807) is 18.2 Å². The molecule has 0 fully saturated rings. The summed E-state index contributed by atoms with van der Waals surface area (Å²) in [6.07, 6.45) is 0.923. The number of hydrogen-bond donors (Lipinski definition) is 1. The van der Waals surface area contributed by atoms with Gasteiger partial charge >= 0.3 is 0 Å². The molecular weight excluding hydrogens is 304 g/mol. The number of nitrogens with two attached hydrogens (primary N) is 1. The van der Waals surface area contributed by atoms with Crippen molar-refractivity contribution in [1.82, 2.24) is 0 Å². The van der Waals surface area contributed by atoms with Gasteiger partial charge in [-0.25, -0.2) is 0 Å². The molecule has 0 aliphatic carbocycles. The second-order valence-electron chi connectivity index (χ2n) is 4.89. The second-order valence-corrected chi connectivity index (χ2v) is 6.35. The van der Waals surface area contributed by atoms with Crippen LogP contribution in [0.1, 0.15) is 5.56 Å². The lowest BCUT2D eigenvalue weighted by Crippen LogP contribution is -2.30. The zero-order valence-electron chi connectivity index (χ0n) is 11.4. The third-order valence-corrected chi connectivity index (χ3v) is 4.81. The molecule has 2 aromatic carbocycles. The number of amides is 1. The minimum atomic E-state index is 0.101. The van der Waals surface area contributed by atoms with Gasteiger partial charge < -0.3 is 10.6 Å². The first-order chi connectivity index (χ1) is 10.1. The van der Waals surface area contributed by atoms with Gasteiger partial charge in [0.15, 0.2) is 0 Å². The van der Waals surface area contributed by atoms with Gasteiger partial charge in [0.1, 0.15) is 0 Å². The summed E-state index contributed by atoms with van der Waals surface area (Å²) >= 11 is 7.39. The van der Waals surface area contributed by atoms with E-state index in [0.717, 1.165) is 23.5 Å². The van der Waals surface area contributed by atoms with Crippen molar-refractivity contribution in [3.8, 4) is 0 Å². The fourth-order valence-electron chi connectivity index (χ4n) is 2.45. The number of anilines is 2. The van der Waals surface area contributed by atoms with Crippen LogP contribution >= 0.6 is 23.4 Å². The van der Waals surface area contributed by atoms with Crippen LogP contribution in [0.5, 0.6) is 0 Å². The van der Waals surface area contributed by atoms with Gasteiger partial charge in [-0.3, -0.25) is 4.79 Å². The van der Waals surface area contributed by atoms with E-state index in [-0.39, 0.29) is 5.91 Å². The highest BCUT2D eigenvalue weighted by atomic mass is 35.5. The number of nitrogens with zero attached hydrogens (tertiary/aromatic N) is 1. The Labute approximate surface area is 133 Å². The average Bonchev–Trinajstić information content (AvgIpc) is 2.92. The van der Waals surface area contributed by atoms with E-state index in [2.05, 4.69) is 6.07 Å². The fraction of sp³-hybridized carbons (Fsp3) is 0.188. The Morgan fingerprint density at radius 2 is 2.10 bits per heavy atom. The maximum atomic E-state index is 12.4. The number of rotatable bonds is 3. The van der Waals surface area contributed by atoms with Crippen molar-refractivity contribution in [1.29, 1.82) is 0 Å². The fourth-order valence-corrected chi connectivity index (χ4v) is 3.56. The highest BCUT2D eigenvalue weighted by molar-refractivity contribution is 8.00. The largest absolute Gasteiger partial charge is 0.398 e. The number of benzene rings is 2. The molecule has 1 amide bonds. The van der Waals surface area contributed by atoms with E-state index in [9.17, 15) is 4.79 Å². The summed E-state index contributed by atoms with van der Waals surface area (Å²) in [6.45, 7) is 0.754. The third kappa shape index (κ3) is 3.01. The second kappa shape index (κ2) is 6.00. The Morgan fingerprint density at radius 1 is 1.29 bits per heavy atom. The van der Waals surface area contributed by atoms with E-state index in [1.165, 1.54) is 17.3 Å². The summed E-state index contributed by atoms with van der Waals surface area (Å²) in [4.78, 5) is 15.1. The standard InChI is InChI=1S/C16H15ClN2OS/c17-12-5-6-13(18)15(9-12)21-10-16(20)19-8-7-11-3-1-2-4-14(11)19/h1-6,9H,7-8,10,18H2. The van der Waals surface area contributed by atoms with Crippen LogP contribution < -0.4 is 10.6 Å². The number of carbonyl (C=O) groups excluding carboxylic acids is 1. The molecule has 0 spiro atoms. The molecule has 0 saturated heterocycles. The quantitative estimate of drug-likeness (QED) is 0.694. The minimum Gasteiger partial charge on any atom is -0.398 e. The molecule has 1 aliphatic rings. The molecule has 3 nitrogen and oxygen atoms in total. The zero-order chi connectivity index (χ0) is 14.8. The first-order valence-electron chi connectivity index (χ1n) is 6.71. The number of hydrogen-bond acceptors (Lipinski definition) is 3. The van der Waals surface area contributed by atoms with Crippen LogP contribution in [0.15, 0.2) is 47.4 Å². The predicted octanol–water partition coefficient (Wildman–Crippen LogP) is 3.60. The Bertz CT molecular complexity index is 690. The molecule has 1 aliphatic heterocycles. The Hall–Kier alpha value is -1.65. The highest BCUT2D eigenvalue weighted by Crippen LogP contribution is 2.31. The van der Waals surface area contributed by atoms with Gasteiger partial charge in [-0.1, -0.05) is 29.8 Å². The van der Waals surface area contributed by atoms with Gasteiger partial charge in [-0.05, 0) is 36.2 Å². The Kier molecular flexibility index (Phi) is 4.08. The Balaban J connectivity index is 1.69. The van der Waals surface area contributed by atoms with E-state index < -0.39 is 0 Å². The van der Waals surface area contributed by atoms with Crippen LogP contribution in [-0.4, -0.2) is 18.2 Å². The topological polar surface area (TPSA) is 46.3 Å². The molecule has 0 atom stereocenters. The molecule has 0 bridgehead atoms. The van der Waals surface area contributed by atoms with E-state index in [4.69, 9.17) is 17.3 Å². The summed E-state index contributed by atoms with van der Waals surface area (Å²) in [7, 11) is 0. The SMILES string of the molecule is Nc1ccc(Cl)cc1SCC(=O)N1CCc2ccccc21. The molecule has 0 radical (unpaired) electrons. The highest BCUT2D eigenvalue weighted by Gasteiger charge is 2.24. The van der Waals surface area contributed by atoms with Crippen LogP contribution in [0.2, 0.25) is 5.02 Å². The van der Waals surface area contributed by atoms with E-state index >= 15 is 0 Å². The molecule has 2 aromatic rings. The zero-order valence-corrected chi connectivity index (χ0v) is 13.0. The van der Waals surface area contributed by atoms with Crippen LogP contribution in [0.3, 0.4) is 0 Å². The van der Waals surface area contributed by atoms with Crippen LogP contribution in [-0.2, 0) is 11.2 Å². The molecule has 5 heteroatoms. The number of para-hydroxylation sites is 1. The first-order valence-corrected chi connectivity index (χ1v) is 8.07. The monoisotopic (exact) mass is 318 g/mol. The van der Waals surface area contributed by atoms with Gasteiger partial charge in [0.25, 0.3) is 0 Å². The Morgan fingerprint density at radius 3 is 2.95 bits per heavy atom. The predicted molar refractivity (Wildman–Crippen MR) is 89.1 cm³/mol. The van der Waals surface area contributed by atoms with Crippen molar-refractivity contribution < 1.29 is 4.79 Å². The summed E-state index contributed by atoms with van der Waals surface area (Å²) < 4.78 is 0. The summed E-state index contributed by atoms with van der Waals surface area (Å²) in [5.41, 5.74) is 8.82. The molecule has 0 unspecified atom stereocenters. The molecule has 2 N–H and O–H groups in total. The lowest BCUT2D eigenvalue weighted by Gasteiger charge is -2.17. The maximum Gasteiger partial charge on any atom is 0.237 e. The van der Waals surface area contributed by atoms with Crippen molar-refractivity contribution in [2.24, 2.45) is 0 Å². The van der Waals surface area contributed by atoms with Crippen LogP contribution in [0.4, 0.5) is 11.4 Å². The molecule has 1 heterocycles. The van der Waals surface area contributed by atoms with Crippen LogP contribution in [0, 0.1) is 0 Å². The third-order valence-electron chi connectivity index (χ3n) is 3.51. The van der Waals surface area contributed by atoms with Gasteiger partial charge in [0.2, 0.25) is 5.91 Å². The number of fused-ring (bicyclic) bond motifs is 1. The van der Waals surface area contributed by atoms with Crippen molar-refractivity contribution in [3.05, 3.63) is 53.1 Å². The number of thioether (sulfide) groups is 1. The lowest BCUT2D eigenvalue weighted by atomic mass is 10.2. The molecule has 0 aromatic heterocycles. The average molecular weight is 319 g/mol. The normalized spacial score (nSPS) is 13.3. The van der Waals surface area contributed by atoms with Crippen LogP contribution in [0.25, 0.3) is 0 Å². The number of carbonyl (C=O) groups is 1. The van der Waals surface area contributed by atoms with E-state index in [1.807, 2.05) is 23.1 Å². The lowest BCUT2D eigenvalue weighted by molar-refractivity contribution is -0.116. The van der Waals surface area contributed by atoms with E-state index in [0.29, 0.717) is 16.5 Å². The maximum absolute atomic E-state index is 12.4. The number of nitrogen functional groups attached to an aromatic ring is 1. The van der Waals surface area contributed by atoms with Gasteiger partial charge in [-0.2, -0.15) is 0 Å². The van der Waals surface area contributed by atoms with Gasteiger partial charge in [0.05, 0.1) is 5.75 Å².